The van der Waals surface area contributed by atoms with Gasteiger partial charge in [0, 0.05) is 25.5 Å². The Labute approximate surface area is 283 Å². The van der Waals surface area contributed by atoms with Crippen molar-refractivity contribution in [1.82, 2.24) is 40.7 Å². The van der Waals surface area contributed by atoms with E-state index in [2.05, 4.69) is 26.5 Å². The van der Waals surface area contributed by atoms with Crippen LogP contribution in [0.25, 0.3) is 11.1 Å². The molecule has 10 N–H and O–H groups in total. The summed E-state index contributed by atoms with van der Waals surface area (Å²) >= 11 is 0. The summed E-state index contributed by atoms with van der Waals surface area (Å²) in [7, 11) is 0. The molecule has 4 aromatic rings. The first-order valence-electron chi connectivity index (χ1n) is 15.7. The Kier molecular flexibility index (Phi) is 7.66. The van der Waals surface area contributed by atoms with Crippen LogP contribution < -0.4 is 10.6 Å². The van der Waals surface area contributed by atoms with E-state index in [0.717, 1.165) is 43.8 Å². The predicted molar refractivity (Wildman–Crippen MR) is 171 cm³/mol. The average molecular weight is 687 g/mol. The van der Waals surface area contributed by atoms with Gasteiger partial charge in [0.15, 0.2) is 11.6 Å². The van der Waals surface area contributed by atoms with E-state index in [-0.39, 0.29) is 6.42 Å². The molecule has 5 atom stereocenters. The summed E-state index contributed by atoms with van der Waals surface area (Å²) in [4.78, 5) is 46.1. The second-order valence-corrected chi connectivity index (χ2v) is 12.7. The molecule has 8 rings (SSSR count). The lowest BCUT2D eigenvalue weighted by Crippen LogP contribution is -2.51. The minimum Gasteiger partial charge on any atom is -0.465 e. The third-order valence-corrected chi connectivity index (χ3v) is 10.4. The molecule has 2 saturated heterocycles. The molecule has 0 saturated carbocycles. The molecule has 17 heteroatoms. The molecular weight excluding hydrogens is 652 g/mol. The number of aromatic amines is 2. The van der Waals surface area contributed by atoms with Crippen molar-refractivity contribution in [3.8, 4) is 11.1 Å². The quantitative estimate of drug-likeness (QED) is 0.125. The number of nitrogens with one attached hydrogen (secondary N) is 4. The van der Waals surface area contributed by atoms with Crippen molar-refractivity contribution in [2.45, 2.75) is 47.6 Å². The number of carbonyl (C=O) groups excluding carboxylic acids is 1. The Morgan fingerprint density at radius 2 is 1.24 bits per heavy atom. The van der Waals surface area contributed by atoms with Crippen LogP contribution in [0.2, 0.25) is 0 Å². The van der Waals surface area contributed by atoms with E-state index in [9.17, 15) is 35.0 Å². The number of aliphatic hydroxyl groups is 2. The Bertz CT molecular complexity index is 1880. The number of imidazole rings is 2. The Morgan fingerprint density at radius 1 is 0.800 bits per heavy atom. The number of benzene rings is 2. The molecule has 0 spiro atoms. The molecule has 4 aliphatic rings. The second kappa shape index (κ2) is 11.6. The summed E-state index contributed by atoms with van der Waals surface area (Å²) in [5, 5.41) is 65.7. The Balaban J connectivity index is 0.000000240. The van der Waals surface area contributed by atoms with E-state index in [1.54, 1.807) is 12.4 Å². The van der Waals surface area contributed by atoms with Gasteiger partial charge in [-0.15, -0.1) is 6.58 Å². The van der Waals surface area contributed by atoms with Gasteiger partial charge in [-0.1, -0.05) is 54.6 Å². The van der Waals surface area contributed by atoms with Gasteiger partial charge >= 0.3 is 12.2 Å². The van der Waals surface area contributed by atoms with E-state index < -0.39 is 46.4 Å². The zero-order valence-corrected chi connectivity index (χ0v) is 26.4. The number of hydroxylamine groups is 4. The van der Waals surface area contributed by atoms with Crippen LogP contribution in [0.15, 0.2) is 73.6 Å². The van der Waals surface area contributed by atoms with E-state index in [0.29, 0.717) is 37.6 Å². The lowest BCUT2D eigenvalue weighted by molar-refractivity contribution is -0.262. The summed E-state index contributed by atoms with van der Waals surface area (Å²) in [6.45, 7) is 3.99. The zero-order valence-electron chi connectivity index (χ0n) is 26.4. The molecule has 0 radical (unpaired) electrons. The molecule has 2 unspecified atom stereocenters. The summed E-state index contributed by atoms with van der Waals surface area (Å²) in [5.74, 6) is -0.207. The predicted octanol–water partition coefficient (Wildman–Crippen LogP) is 1.87. The maximum absolute atomic E-state index is 11.5. The van der Waals surface area contributed by atoms with E-state index in [4.69, 9.17) is 10.2 Å². The van der Waals surface area contributed by atoms with Gasteiger partial charge in [0.1, 0.15) is 6.04 Å². The fourth-order valence-corrected chi connectivity index (χ4v) is 8.02. The third-order valence-electron chi connectivity index (χ3n) is 10.4. The minimum atomic E-state index is -1.59. The van der Waals surface area contributed by atoms with Gasteiger partial charge in [0.05, 0.1) is 22.2 Å². The molecule has 50 heavy (non-hydrogen) atoms. The number of nitrogens with zero attached hydrogens (tertiary/aromatic N) is 4. The first kappa shape index (κ1) is 33.1. The van der Waals surface area contributed by atoms with Gasteiger partial charge in [-0.05, 0) is 41.5 Å². The highest BCUT2D eigenvalue weighted by Gasteiger charge is 2.69. The maximum atomic E-state index is 11.5. The second-order valence-electron chi connectivity index (χ2n) is 12.7. The standard InChI is InChI=1S/C26H24N6O4.C7H10N2O5/c33-25-21-27-13-19(29-21)23(25,9-11-31(25)35)17-5-1-15(2-6-17)16-3-7-18(8-4-16)24-10-12-32(36)26(24,34)22-28-14-20(24)30-22;1-2-3-4(8-6(11)12)5(10)9-7(13)14/h1-8,13-14,33-36H,9-12H2,(H,27,29)(H,28,30);2,4,8H,1,3H2,(H,9,10)(H,11,12)(H,13,14)/t23?,24?,25-,26-;4-/m10/s1. The number of hydrogen-bond donors (Lipinski definition) is 10. The topological polar surface area (TPSA) is 260 Å². The first-order chi connectivity index (χ1) is 23.8. The highest BCUT2D eigenvalue weighted by Crippen LogP contribution is 2.59. The first-order valence-corrected chi connectivity index (χ1v) is 15.7. The van der Waals surface area contributed by atoms with Crippen molar-refractivity contribution in [2.75, 3.05) is 13.1 Å². The number of carbonyl (C=O) groups is 3. The van der Waals surface area contributed by atoms with E-state index in [1.807, 2.05) is 53.8 Å². The van der Waals surface area contributed by atoms with Crippen LogP contribution in [0.5, 0.6) is 0 Å². The van der Waals surface area contributed by atoms with Gasteiger partial charge in [0.2, 0.25) is 11.4 Å². The van der Waals surface area contributed by atoms with Gasteiger partial charge in [-0.2, -0.15) is 10.1 Å². The number of fused-ring (bicyclic) bond motifs is 10. The van der Waals surface area contributed by atoms with Gasteiger partial charge in [0.25, 0.3) is 5.91 Å². The molecule has 4 bridgehead atoms. The number of hydrogen-bond acceptors (Lipinski definition) is 11. The van der Waals surface area contributed by atoms with E-state index >= 15 is 0 Å². The van der Waals surface area contributed by atoms with Gasteiger partial charge < -0.3 is 46.1 Å². The SMILES string of the molecule is C=CC[C@H](NC(=O)O)C(=O)NC(=O)O.ON1CCC2(c3ccc(-c4ccc(C56CCN(O)[C@@]5(O)c5ncc6[nH]5)cc4)cc3)c3cnc([nH]3)[C@]12O. The zero-order chi connectivity index (χ0) is 35.6. The van der Waals surface area contributed by atoms with Crippen LogP contribution in [-0.4, -0.2) is 98.1 Å². The molecule has 4 aliphatic heterocycles. The third kappa shape index (κ3) is 4.38. The van der Waals surface area contributed by atoms with E-state index in [1.165, 1.54) is 11.4 Å². The molecule has 3 amide bonds. The number of imide groups is 1. The van der Waals surface area contributed by atoms with Crippen LogP contribution in [0, 0.1) is 0 Å². The Morgan fingerprint density at radius 3 is 1.62 bits per heavy atom. The molecule has 2 aromatic heterocycles. The van der Waals surface area contributed by atoms with Crippen molar-refractivity contribution in [3.05, 3.63) is 108 Å². The van der Waals surface area contributed by atoms with Crippen molar-refractivity contribution < 1.29 is 45.2 Å². The van der Waals surface area contributed by atoms with Crippen LogP contribution in [0.1, 0.15) is 53.4 Å². The molecule has 260 valence electrons. The van der Waals surface area contributed by atoms with Crippen LogP contribution in [0.3, 0.4) is 0 Å². The Hall–Kier alpha value is -5.43. The molecule has 17 nitrogen and oxygen atoms in total. The van der Waals surface area contributed by atoms with Crippen molar-refractivity contribution in [1.29, 1.82) is 0 Å². The normalized spacial score (nSPS) is 27.9. The average Bonchev–Trinajstić information content (AvgIpc) is 3.93. The summed E-state index contributed by atoms with van der Waals surface area (Å²) < 4.78 is 0. The molecule has 2 aromatic carbocycles. The number of amides is 3. The lowest BCUT2D eigenvalue weighted by atomic mass is 9.69. The van der Waals surface area contributed by atoms with Crippen LogP contribution >= 0.6 is 0 Å². The highest BCUT2D eigenvalue weighted by atomic mass is 16.6. The largest absolute Gasteiger partial charge is 0.465 e. The molecule has 2 fully saturated rings. The lowest BCUT2D eigenvalue weighted by Gasteiger charge is -2.39. The smallest absolute Gasteiger partial charge is 0.411 e. The summed E-state index contributed by atoms with van der Waals surface area (Å²) in [6.07, 6.45) is 2.99. The van der Waals surface area contributed by atoms with Crippen LogP contribution in [0.4, 0.5) is 9.59 Å². The maximum Gasteiger partial charge on any atom is 0.411 e. The number of H-pyrrole nitrogens is 2. The number of aromatic nitrogens is 4. The van der Waals surface area contributed by atoms with Crippen molar-refractivity contribution in [3.63, 3.8) is 0 Å². The fourth-order valence-electron chi connectivity index (χ4n) is 8.02. The molecule has 6 heterocycles. The molecule has 0 aliphatic carbocycles. The summed E-state index contributed by atoms with van der Waals surface area (Å²) in [6, 6.07) is 14.9. The van der Waals surface area contributed by atoms with Crippen molar-refractivity contribution >= 4 is 18.1 Å². The van der Waals surface area contributed by atoms with Crippen molar-refractivity contribution in [2.24, 2.45) is 0 Å². The van der Waals surface area contributed by atoms with Gasteiger partial charge in [-0.25, -0.2) is 19.6 Å². The van der Waals surface area contributed by atoms with Gasteiger partial charge in [-0.3, -0.25) is 10.1 Å². The fraction of sp³-hybridized carbons (Fsp3) is 0.303. The molecular formula is C33H34N8O9. The minimum absolute atomic E-state index is 0.0193. The number of rotatable bonds is 7. The summed E-state index contributed by atoms with van der Waals surface area (Å²) in [5.41, 5.74) is 0.671. The highest BCUT2D eigenvalue weighted by molar-refractivity contribution is 5.95. The monoisotopic (exact) mass is 686 g/mol. The van der Waals surface area contributed by atoms with Crippen LogP contribution in [-0.2, 0) is 27.1 Å². The number of carboxylic acid groups (broad SMARTS) is 2.